The normalized spacial score (nSPS) is 25.9. The van der Waals surface area contributed by atoms with Crippen LogP contribution < -0.4 is 0 Å². The highest BCUT2D eigenvalue weighted by Crippen LogP contribution is 2.23. The van der Waals surface area contributed by atoms with Crippen LogP contribution in [-0.2, 0) is 4.79 Å². The molecule has 1 atom stereocenters. The maximum atomic E-state index is 10.5. The molecule has 1 rings (SSSR count). The summed E-state index contributed by atoms with van der Waals surface area (Å²) in [6.07, 6.45) is 4.98. The van der Waals surface area contributed by atoms with Crippen molar-refractivity contribution in [1.82, 2.24) is 0 Å². The van der Waals surface area contributed by atoms with Crippen molar-refractivity contribution >= 4 is 17.5 Å². The second kappa shape index (κ2) is 3.81. The van der Waals surface area contributed by atoms with E-state index in [0.717, 1.165) is 0 Å². The third kappa shape index (κ3) is 2.56. The van der Waals surface area contributed by atoms with Gasteiger partial charge in [-0.1, -0.05) is 6.08 Å². The van der Waals surface area contributed by atoms with E-state index in [0.29, 0.717) is 5.92 Å². The van der Waals surface area contributed by atoms with Gasteiger partial charge in [0.2, 0.25) is 0 Å². The molecule has 0 radical (unpaired) electrons. The van der Waals surface area contributed by atoms with Crippen molar-refractivity contribution in [2.24, 2.45) is 5.92 Å². The predicted molar refractivity (Wildman–Crippen MR) is 45.3 cm³/mol. The van der Waals surface area contributed by atoms with Crippen LogP contribution in [0.5, 0.6) is 0 Å². The predicted octanol–water partition coefficient (Wildman–Crippen LogP) is 1.88. The molecule has 0 spiro atoms. The van der Waals surface area contributed by atoms with E-state index >= 15 is 0 Å². The minimum absolute atomic E-state index is 0.164. The third-order valence-electron chi connectivity index (χ3n) is 1.57. The van der Waals surface area contributed by atoms with E-state index in [1.54, 1.807) is 13.0 Å². The van der Waals surface area contributed by atoms with Crippen LogP contribution in [0.3, 0.4) is 0 Å². The minimum Gasteiger partial charge on any atom is -0.295 e. The summed E-state index contributed by atoms with van der Waals surface area (Å²) in [5, 5.41) is 0. The zero-order valence-corrected chi connectivity index (χ0v) is 6.99. The molecular formula is C8H12OS. The lowest BCUT2D eigenvalue weighted by Crippen LogP contribution is -1.93. The summed E-state index contributed by atoms with van der Waals surface area (Å²) in [6, 6.07) is 0. The van der Waals surface area contributed by atoms with E-state index in [2.05, 4.69) is 0 Å². The molecule has 1 saturated heterocycles. The van der Waals surface area contributed by atoms with Crippen LogP contribution in [0.15, 0.2) is 12.2 Å². The first-order valence-corrected chi connectivity index (χ1v) is 4.71. The Kier molecular flexibility index (Phi) is 3.00. The summed E-state index contributed by atoms with van der Waals surface area (Å²) >= 11 is 1.97. The second-order valence-corrected chi connectivity index (χ2v) is 3.74. The average Bonchev–Trinajstić information content (AvgIpc) is 2.34. The molecule has 0 amide bonds. The van der Waals surface area contributed by atoms with Crippen LogP contribution in [0.4, 0.5) is 0 Å². The Bertz CT molecular complexity index is 145. The number of ketones is 1. The monoisotopic (exact) mass is 156 g/mol. The lowest BCUT2D eigenvalue weighted by molar-refractivity contribution is -0.112. The van der Waals surface area contributed by atoms with Crippen LogP contribution in [0.1, 0.15) is 13.3 Å². The van der Waals surface area contributed by atoms with Crippen molar-refractivity contribution in [3.63, 3.8) is 0 Å². The number of hydrogen-bond donors (Lipinski definition) is 0. The van der Waals surface area contributed by atoms with Gasteiger partial charge in [-0.25, -0.2) is 0 Å². The van der Waals surface area contributed by atoms with Crippen LogP contribution in [0, 0.1) is 5.92 Å². The molecule has 1 fully saturated rings. The van der Waals surface area contributed by atoms with Crippen LogP contribution >= 0.6 is 11.8 Å². The summed E-state index contributed by atoms with van der Waals surface area (Å²) < 4.78 is 0. The Hall–Kier alpha value is -0.240. The van der Waals surface area contributed by atoms with Crippen molar-refractivity contribution < 1.29 is 4.79 Å². The van der Waals surface area contributed by atoms with Gasteiger partial charge in [0.25, 0.3) is 0 Å². The van der Waals surface area contributed by atoms with E-state index in [-0.39, 0.29) is 5.78 Å². The van der Waals surface area contributed by atoms with Gasteiger partial charge in [0.1, 0.15) is 0 Å². The molecule has 1 aliphatic rings. The molecule has 0 aromatic carbocycles. The zero-order chi connectivity index (χ0) is 7.40. The Morgan fingerprint density at radius 1 is 1.70 bits per heavy atom. The highest BCUT2D eigenvalue weighted by Gasteiger charge is 2.11. The van der Waals surface area contributed by atoms with Gasteiger partial charge < -0.3 is 0 Å². The zero-order valence-electron chi connectivity index (χ0n) is 6.17. The highest BCUT2D eigenvalue weighted by atomic mass is 32.2. The van der Waals surface area contributed by atoms with E-state index in [1.165, 1.54) is 17.9 Å². The topological polar surface area (TPSA) is 17.1 Å². The Balaban J connectivity index is 2.29. The summed E-state index contributed by atoms with van der Waals surface area (Å²) in [5.74, 6) is 3.28. The lowest BCUT2D eigenvalue weighted by atomic mass is 10.1. The van der Waals surface area contributed by atoms with Crippen molar-refractivity contribution in [2.75, 3.05) is 11.5 Å². The first kappa shape index (κ1) is 7.86. The Morgan fingerprint density at radius 3 is 3.00 bits per heavy atom. The molecule has 0 N–H and O–H groups in total. The summed E-state index contributed by atoms with van der Waals surface area (Å²) in [4.78, 5) is 10.5. The van der Waals surface area contributed by atoms with Crippen LogP contribution in [0.2, 0.25) is 0 Å². The van der Waals surface area contributed by atoms with Gasteiger partial charge in [-0.2, -0.15) is 11.8 Å². The fourth-order valence-corrected chi connectivity index (χ4v) is 2.19. The number of allylic oxidation sites excluding steroid dienone is 2. The van der Waals surface area contributed by atoms with Crippen LogP contribution in [0.25, 0.3) is 0 Å². The van der Waals surface area contributed by atoms with Gasteiger partial charge in [0.05, 0.1) is 0 Å². The van der Waals surface area contributed by atoms with Crippen molar-refractivity contribution in [3.05, 3.63) is 12.2 Å². The van der Waals surface area contributed by atoms with Gasteiger partial charge >= 0.3 is 0 Å². The summed E-state index contributed by atoms with van der Waals surface area (Å²) in [5.41, 5.74) is 0. The maximum Gasteiger partial charge on any atom is 0.152 e. The second-order valence-electron chi connectivity index (χ2n) is 2.59. The molecule has 10 heavy (non-hydrogen) atoms. The average molecular weight is 156 g/mol. The van der Waals surface area contributed by atoms with Gasteiger partial charge in [0.15, 0.2) is 5.78 Å². The lowest BCUT2D eigenvalue weighted by Gasteiger charge is -1.96. The van der Waals surface area contributed by atoms with Gasteiger partial charge in [0, 0.05) is 0 Å². The number of carbonyl (C=O) groups excluding carboxylic acids is 1. The van der Waals surface area contributed by atoms with E-state index in [1.807, 2.05) is 17.8 Å². The standard InChI is InChI=1S/C8H12OS/c1-7(9)2-3-8-4-5-10-6-8/h2-3,8H,4-6H2,1H3/b3-2+. The highest BCUT2D eigenvalue weighted by molar-refractivity contribution is 7.99. The first-order chi connectivity index (χ1) is 4.79. The molecule has 0 aliphatic carbocycles. The molecule has 1 unspecified atom stereocenters. The molecule has 0 aromatic rings. The van der Waals surface area contributed by atoms with Gasteiger partial charge in [-0.05, 0) is 36.8 Å². The largest absolute Gasteiger partial charge is 0.295 e. The van der Waals surface area contributed by atoms with Crippen LogP contribution in [-0.4, -0.2) is 17.3 Å². The molecule has 56 valence electrons. The van der Waals surface area contributed by atoms with Crippen molar-refractivity contribution in [2.45, 2.75) is 13.3 Å². The van der Waals surface area contributed by atoms with Gasteiger partial charge in [-0.3, -0.25) is 4.79 Å². The number of carbonyl (C=O) groups is 1. The quantitative estimate of drug-likeness (QED) is 0.568. The van der Waals surface area contributed by atoms with Gasteiger partial charge in [-0.15, -0.1) is 0 Å². The number of rotatable bonds is 2. The molecule has 0 bridgehead atoms. The van der Waals surface area contributed by atoms with E-state index in [4.69, 9.17) is 0 Å². The SMILES string of the molecule is CC(=O)/C=C/C1CCSC1. The fraction of sp³-hybridized carbons (Fsp3) is 0.625. The molecule has 0 aromatic heterocycles. The minimum atomic E-state index is 0.164. The molecule has 0 saturated carbocycles. The summed E-state index contributed by atoms with van der Waals surface area (Å²) in [7, 11) is 0. The smallest absolute Gasteiger partial charge is 0.152 e. The number of hydrogen-bond acceptors (Lipinski definition) is 2. The van der Waals surface area contributed by atoms with E-state index < -0.39 is 0 Å². The van der Waals surface area contributed by atoms with Crippen molar-refractivity contribution in [3.8, 4) is 0 Å². The summed E-state index contributed by atoms with van der Waals surface area (Å²) in [6.45, 7) is 1.60. The Morgan fingerprint density at radius 2 is 2.50 bits per heavy atom. The molecule has 1 heterocycles. The first-order valence-electron chi connectivity index (χ1n) is 3.55. The van der Waals surface area contributed by atoms with Crippen molar-refractivity contribution in [1.29, 1.82) is 0 Å². The van der Waals surface area contributed by atoms with E-state index in [9.17, 15) is 4.79 Å². The maximum absolute atomic E-state index is 10.5. The molecule has 1 aliphatic heterocycles. The molecular weight excluding hydrogens is 144 g/mol. The molecule has 1 nitrogen and oxygen atoms in total. The fourth-order valence-electron chi connectivity index (χ4n) is 0.976. The molecule has 2 heteroatoms. The number of thioether (sulfide) groups is 1. The third-order valence-corrected chi connectivity index (χ3v) is 2.76. The Labute approximate surface area is 65.9 Å².